The van der Waals surface area contributed by atoms with Crippen LogP contribution < -0.4 is 5.32 Å². The molecule has 3 rings (SSSR count). The van der Waals surface area contributed by atoms with Gasteiger partial charge in [-0.05, 0) is 63.2 Å². The van der Waals surface area contributed by atoms with Crippen molar-refractivity contribution in [3.05, 3.63) is 21.4 Å². The zero-order valence-electron chi connectivity index (χ0n) is 13.7. The Morgan fingerprint density at radius 2 is 2.14 bits per heavy atom. The number of fused-ring (bicyclic) bond motifs is 1. The largest absolute Gasteiger partial charge is 0.312 e. The molecular weight excluding hydrogens is 276 g/mol. The summed E-state index contributed by atoms with van der Waals surface area (Å²) >= 11 is 1.99. The van der Waals surface area contributed by atoms with Gasteiger partial charge in [-0.25, -0.2) is 0 Å². The Morgan fingerprint density at radius 1 is 1.29 bits per heavy atom. The second-order valence-corrected chi connectivity index (χ2v) is 8.18. The molecule has 1 saturated carbocycles. The Bertz CT molecular complexity index is 454. The highest BCUT2D eigenvalue weighted by atomic mass is 32.1. The molecule has 1 aromatic rings. The van der Waals surface area contributed by atoms with E-state index in [1.807, 2.05) is 11.3 Å². The average Bonchev–Trinajstić information content (AvgIpc) is 3.05. The van der Waals surface area contributed by atoms with Crippen molar-refractivity contribution >= 4 is 11.3 Å². The predicted molar refractivity (Wildman–Crippen MR) is 91.8 cm³/mol. The fourth-order valence-corrected chi connectivity index (χ4v) is 5.16. The topological polar surface area (TPSA) is 15.3 Å². The van der Waals surface area contributed by atoms with Crippen LogP contribution in [0.25, 0.3) is 0 Å². The molecule has 0 radical (unpaired) electrons. The van der Waals surface area contributed by atoms with Crippen LogP contribution in [-0.4, -0.2) is 24.0 Å². The van der Waals surface area contributed by atoms with Crippen molar-refractivity contribution in [3.8, 4) is 0 Å². The van der Waals surface area contributed by atoms with Crippen molar-refractivity contribution in [3.63, 3.8) is 0 Å². The number of rotatable bonds is 6. The molecule has 0 aromatic carbocycles. The van der Waals surface area contributed by atoms with E-state index in [-0.39, 0.29) is 0 Å². The smallest absolute Gasteiger partial charge is 0.0299 e. The molecule has 1 saturated heterocycles. The van der Waals surface area contributed by atoms with Gasteiger partial charge in [-0.2, -0.15) is 0 Å². The molecule has 2 aliphatic rings. The van der Waals surface area contributed by atoms with E-state index in [0.717, 1.165) is 25.0 Å². The van der Waals surface area contributed by atoms with Gasteiger partial charge in [0.2, 0.25) is 0 Å². The summed E-state index contributed by atoms with van der Waals surface area (Å²) < 4.78 is 0. The molecular formula is C18H30N2S. The number of nitrogens with one attached hydrogen (secondary N) is 1. The molecule has 118 valence electrons. The fraction of sp³-hybridized carbons (Fsp3) is 0.778. The summed E-state index contributed by atoms with van der Waals surface area (Å²) in [6, 6.07) is 3.35. The third kappa shape index (κ3) is 3.69. The Labute approximate surface area is 133 Å². The predicted octanol–water partition coefficient (Wildman–Crippen LogP) is 4.32. The lowest BCUT2D eigenvalue weighted by Gasteiger charge is -2.31. The molecule has 2 heterocycles. The maximum Gasteiger partial charge on any atom is 0.0299 e. The lowest BCUT2D eigenvalue weighted by molar-refractivity contribution is 0.176. The SMILES string of the molecule is CCCNCc1cc(CN2CCC3CCCCC32)c(C)s1. The van der Waals surface area contributed by atoms with Crippen LogP contribution in [-0.2, 0) is 13.1 Å². The van der Waals surface area contributed by atoms with E-state index < -0.39 is 0 Å². The second kappa shape index (κ2) is 7.26. The fourth-order valence-electron chi connectivity index (χ4n) is 4.14. The first-order chi connectivity index (χ1) is 10.3. The van der Waals surface area contributed by atoms with E-state index in [0.29, 0.717) is 0 Å². The quantitative estimate of drug-likeness (QED) is 0.787. The Morgan fingerprint density at radius 3 is 3.00 bits per heavy atom. The van der Waals surface area contributed by atoms with E-state index in [1.165, 1.54) is 61.4 Å². The molecule has 1 aliphatic heterocycles. The van der Waals surface area contributed by atoms with Crippen molar-refractivity contribution in [2.24, 2.45) is 5.92 Å². The lowest BCUT2D eigenvalue weighted by Crippen LogP contribution is -2.34. The number of hydrogen-bond acceptors (Lipinski definition) is 3. The number of thiophene rings is 1. The number of aryl methyl sites for hydroxylation is 1. The van der Waals surface area contributed by atoms with Gasteiger partial charge in [0.1, 0.15) is 0 Å². The molecule has 3 heteroatoms. The van der Waals surface area contributed by atoms with Crippen molar-refractivity contribution in [1.82, 2.24) is 10.2 Å². The summed E-state index contributed by atoms with van der Waals surface area (Å²) in [6.07, 6.45) is 8.51. The zero-order chi connectivity index (χ0) is 14.7. The minimum absolute atomic E-state index is 0.889. The summed E-state index contributed by atoms with van der Waals surface area (Å²) in [5.41, 5.74) is 1.58. The van der Waals surface area contributed by atoms with Gasteiger partial charge in [0.05, 0.1) is 0 Å². The molecule has 1 N–H and O–H groups in total. The van der Waals surface area contributed by atoms with Crippen LogP contribution in [0.15, 0.2) is 6.07 Å². The summed E-state index contributed by atoms with van der Waals surface area (Å²) in [5.74, 6) is 1.00. The van der Waals surface area contributed by atoms with Gasteiger partial charge in [-0.15, -0.1) is 11.3 Å². The molecule has 2 nitrogen and oxygen atoms in total. The molecule has 21 heavy (non-hydrogen) atoms. The highest BCUT2D eigenvalue weighted by Crippen LogP contribution is 2.37. The van der Waals surface area contributed by atoms with Gasteiger partial charge in [-0.3, -0.25) is 4.90 Å². The van der Waals surface area contributed by atoms with Gasteiger partial charge < -0.3 is 5.32 Å². The van der Waals surface area contributed by atoms with Gasteiger partial charge >= 0.3 is 0 Å². The van der Waals surface area contributed by atoms with Crippen molar-refractivity contribution in [1.29, 1.82) is 0 Å². The first kappa shape index (κ1) is 15.5. The van der Waals surface area contributed by atoms with Crippen molar-refractivity contribution in [2.45, 2.75) is 71.5 Å². The zero-order valence-corrected chi connectivity index (χ0v) is 14.5. The summed E-state index contributed by atoms with van der Waals surface area (Å²) in [4.78, 5) is 5.82. The first-order valence-electron chi connectivity index (χ1n) is 8.81. The molecule has 0 bridgehead atoms. The van der Waals surface area contributed by atoms with Crippen LogP contribution in [0.5, 0.6) is 0 Å². The summed E-state index contributed by atoms with van der Waals surface area (Å²) in [5, 5.41) is 3.53. The third-order valence-electron chi connectivity index (χ3n) is 5.30. The molecule has 0 amide bonds. The number of likely N-dealkylation sites (tertiary alicyclic amines) is 1. The van der Waals surface area contributed by atoms with Gasteiger partial charge in [-0.1, -0.05) is 19.8 Å². The molecule has 2 fully saturated rings. The number of nitrogens with zero attached hydrogens (tertiary/aromatic N) is 1. The van der Waals surface area contributed by atoms with Crippen LogP contribution in [0.2, 0.25) is 0 Å². The van der Waals surface area contributed by atoms with E-state index >= 15 is 0 Å². The van der Waals surface area contributed by atoms with Crippen molar-refractivity contribution in [2.75, 3.05) is 13.1 Å². The summed E-state index contributed by atoms with van der Waals surface area (Å²) in [7, 11) is 0. The minimum Gasteiger partial charge on any atom is -0.312 e. The minimum atomic E-state index is 0.889. The molecule has 2 atom stereocenters. The Balaban J connectivity index is 1.59. The standard InChI is InChI=1S/C18H30N2S/c1-3-9-19-12-17-11-16(14(2)21-17)13-20-10-8-15-6-4-5-7-18(15)20/h11,15,18-19H,3-10,12-13H2,1-2H3. The van der Waals surface area contributed by atoms with E-state index in [1.54, 1.807) is 5.56 Å². The Hall–Kier alpha value is -0.380. The first-order valence-corrected chi connectivity index (χ1v) is 9.62. The maximum absolute atomic E-state index is 3.53. The van der Waals surface area contributed by atoms with Crippen LogP contribution in [0.3, 0.4) is 0 Å². The third-order valence-corrected chi connectivity index (χ3v) is 6.39. The highest BCUT2D eigenvalue weighted by molar-refractivity contribution is 7.12. The highest BCUT2D eigenvalue weighted by Gasteiger charge is 2.35. The van der Waals surface area contributed by atoms with Gasteiger partial charge in [0, 0.05) is 28.9 Å². The molecule has 2 unspecified atom stereocenters. The number of hydrogen-bond donors (Lipinski definition) is 1. The summed E-state index contributed by atoms with van der Waals surface area (Å²) in [6.45, 7) is 9.22. The maximum atomic E-state index is 3.53. The molecule has 1 aromatic heterocycles. The van der Waals surface area contributed by atoms with Gasteiger partial charge in [0.25, 0.3) is 0 Å². The van der Waals surface area contributed by atoms with E-state index in [4.69, 9.17) is 0 Å². The average molecular weight is 307 g/mol. The second-order valence-electron chi connectivity index (χ2n) is 6.84. The van der Waals surface area contributed by atoms with E-state index in [2.05, 4.69) is 30.1 Å². The molecule has 1 aliphatic carbocycles. The monoisotopic (exact) mass is 306 g/mol. The van der Waals surface area contributed by atoms with Crippen LogP contribution in [0, 0.1) is 12.8 Å². The van der Waals surface area contributed by atoms with E-state index in [9.17, 15) is 0 Å². The van der Waals surface area contributed by atoms with Crippen LogP contribution in [0.1, 0.15) is 60.8 Å². The van der Waals surface area contributed by atoms with Crippen LogP contribution >= 0.6 is 11.3 Å². The van der Waals surface area contributed by atoms with Crippen LogP contribution in [0.4, 0.5) is 0 Å². The lowest BCUT2D eigenvalue weighted by atomic mass is 9.85. The Kier molecular flexibility index (Phi) is 5.36. The van der Waals surface area contributed by atoms with Gasteiger partial charge in [0.15, 0.2) is 0 Å². The normalized spacial score (nSPS) is 26.2. The molecule has 0 spiro atoms. The van der Waals surface area contributed by atoms with Crippen molar-refractivity contribution < 1.29 is 0 Å².